The van der Waals surface area contributed by atoms with Crippen LogP contribution in [0, 0.1) is 0 Å². The molecule has 1 heterocycles. The number of halogens is 3. The van der Waals surface area contributed by atoms with Crippen LogP contribution < -0.4 is 4.90 Å². The number of benzene rings is 1. The fourth-order valence-electron chi connectivity index (χ4n) is 3.53. The van der Waals surface area contributed by atoms with E-state index in [2.05, 4.69) is 0 Å². The Labute approximate surface area is 125 Å². The van der Waals surface area contributed by atoms with Gasteiger partial charge in [-0.2, -0.15) is 13.2 Å². The number of Topliss-reactive ketones (excluding diaryl/α,β-unsaturated/α-hetero) is 1. The monoisotopic (exact) mass is 309 g/mol. The number of alkyl halides is 3. The zero-order chi connectivity index (χ0) is 16.1. The molecule has 0 amide bonds. The van der Waals surface area contributed by atoms with Crippen molar-refractivity contribution in [3.63, 3.8) is 0 Å². The second kappa shape index (κ2) is 4.69. The van der Waals surface area contributed by atoms with Gasteiger partial charge in [0.1, 0.15) is 5.78 Å². The van der Waals surface area contributed by atoms with E-state index in [9.17, 15) is 22.8 Å². The Balaban J connectivity index is 2.20. The third kappa shape index (κ3) is 1.90. The molecule has 0 saturated heterocycles. The van der Waals surface area contributed by atoms with Crippen LogP contribution in [0.15, 0.2) is 36.0 Å². The number of rotatable bonds is 1. The molecule has 1 unspecified atom stereocenters. The first-order chi connectivity index (χ1) is 10.3. The van der Waals surface area contributed by atoms with Crippen LogP contribution >= 0.6 is 0 Å². The highest BCUT2D eigenvalue weighted by molar-refractivity contribution is 6.04. The molecule has 116 valence electrons. The van der Waals surface area contributed by atoms with Gasteiger partial charge in [-0.05, 0) is 24.5 Å². The minimum Gasteiger partial charge on any atom is -0.346 e. The van der Waals surface area contributed by atoms with Gasteiger partial charge in [-0.3, -0.25) is 9.59 Å². The van der Waals surface area contributed by atoms with Crippen LogP contribution in [0.2, 0.25) is 0 Å². The van der Waals surface area contributed by atoms with E-state index in [1.807, 2.05) is 0 Å². The summed E-state index contributed by atoms with van der Waals surface area (Å²) in [4.78, 5) is 25.4. The summed E-state index contributed by atoms with van der Waals surface area (Å²) in [6, 6.07) is 7.03. The highest BCUT2D eigenvalue weighted by Crippen LogP contribution is 2.54. The van der Waals surface area contributed by atoms with Crippen molar-refractivity contribution in [3.05, 3.63) is 41.6 Å². The molecule has 1 aliphatic heterocycles. The molecule has 0 radical (unpaired) electrons. The first kappa shape index (κ1) is 14.8. The van der Waals surface area contributed by atoms with E-state index in [-0.39, 0.29) is 11.5 Å². The molecule has 0 bridgehead atoms. The lowest BCUT2D eigenvalue weighted by Crippen LogP contribution is -2.35. The molecule has 2 aliphatic rings. The number of nitrogens with zero attached hydrogens (tertiary/aromatic N) is 1. The van der Waals surface area contributed by atoms with E-state index in [0.29, 0.717) is 36.6 Å². The van der Waals surface area contributed by atoms with E-state index in [1.54, 1.807) is 31.3 Å². The lowest BCUT2D eigenvalue weighted by atomic mass is 9.77. The maximum atomic E-state index is 12.6. The predicted molar refractivity (Wildman–Crippen MR) is 74.5 cm³/mol. The standard InChI is InChI=1S/C16H14F3NO2/c1-20-11-6-3-2-5-10(11)15(8-4-7-13(15)21)12(20)9-14(22)16(17,18)19/h2-3,5-6,9H,4,7-8H2,1H3. The van der Waals surface area contributed by atoms with Gasteiger partial charge in [0, 0.05) is 30.9 Å². The van der Waals surface area contributed by atoms with E-state index in [4.69, 9.17) is 0 Å². The summed E-state index contributed by atoms with van der Waals surface area (Å²) in [6.45, 7) is 0. The number of hydrogen-bond acceptors (Lipinski definition) is 3. The van der Waals surface area contributed by atoms with Crippen molar-refractivity contribution < 1.29 is 22.8 Å². The van der Waals surface area contributed by atoms with Crippen LogP contribution in [0.25, 0.3) is 0 Å². The number of allylic oxidation sites excluding steroid dienone is 2. The molecule has 0 aromatic heterocycles. The third-order valence-electron chi connectivity index (χ3n) is 4.50. The molecule has 1 aromatic carbocycles. The summed E-state index contributed by atoms with van der Waals surface area (Å²) in [7, 11) is 1.59. The third-order valence-corrected chi connectivity index (χ3v) is 4.50. The van der Waals surface area contributed by atoms with E-state index in [1.165, 1.54) is 4.90 Å². The van der Waals surface area contributed by atoms with Gasteiger partial charge in [0.25, 0.3) is 5.78 Å². The number of likely N-dealkylation sites (N-methyl/N-ethyl adjacent to an activating group) is 1. The summed E-state index contributed by atoms with van der Waals surface area (Å²) in [5.74, 6) is -2.05. The highest BCUT2D eigenvalue weighted by atomic mass is 19.4. The van der Waals surface area contributed by atoms with Crippen molar-refractivity contribution in [2.24, 2.45) is 0 Å². The lowest BCUT2D eigenvalue weighted by molar-refractivity contribution is -0.165. The summed E-state index contributed by atoms with van der Waals surface area (Å²) in [6.07, 6.45) is -2.99. The van der Waals surface area contributed by atoms with Crippen molar-refractivity contribution in [2.45, 2.75) is 30.9 Å². The summed E-state index contributed by atoms with van der Waals surface area (Å²) in [5, 5.41) is 0. The number of carbonyl (C=O) groups excluding carboxylic acids is 2. The first-order valence-corrected chi connectivity index (χ1v) is 6.98. The first-order valence-electron chi connectivity index (χ1n) is 6.98. The van der Waals surface area contributed by atoms with Gasteiger partial charge in [-0.1, -0.05) is 18.2 Å². The minimum absolute atomic E-state index is 0.120. The van der Waals surface area contributed by atoms with Crippen LogP contribution in [0.3, 0.4) is 0 Å². The number of ketones is 2. The Kier molecular flexibility index (Phi) is 3.16. The average Bonchev–Trinajstić information content (AvgIpc) is 2.94. The normalized spacial score (nSPS) is 26.1. The summed E-state index contributed by atoms with van der Waals surface area (Å²) in [5.41, 5.74) is 0.408. The highest BCUT2D eigenvalue weighted by Gasteiger charge is 2.54. The summed E-state index contributed by atoms with van der Waals surface area (Å²) < 4.78 is 37.9. The molecule has 1 saturated carbocycles. The topological polar surface area (TPSA) is 37.4 Å². The van der Waals surface area contributed by atoms with Crippen LogP contribution in [0.4, 0.5) is 18.9 Å². The Bertz CT molecular complexity index is 693. The molecule has 1 fully saturated rings. The van der Waals surface area contributed by atoms with Crippen LogP contribution in [0.1, 0.15) is 24.8 Å². The molecule has 22 heavy (non-hydrogen) atoms. The molecule has 0 N–H and O–H groups in total. The maximum Gasteiger partial charge on any atom is 0.454 e. The molecule has 1 aliphatic carbocycles. The molecule has 3 rings (SSSR count). The fourth-order valence-corrected chi connectivity index (χ4v) is 3.53. The predicted octanol–water partition coefficient (Wildman–Crippen LogP) is 3.14. The van der Waals surface area contributed by atoms with Gasteiger partial charge in [-0.25, -0.2) is 0 Å². The molecular formula is C16H14F3NO2. The largest absolute Gasteiger partial charge is 0.454 e. The van der Waals surface area contributed by atoms with Crippen molar-refractivity contribution in [3.8, 4) is 0 Å². The van der Waals surface area contributed by atoms with E-state index in [0.717, 1.165) is 0 Å². The molecular weight excluding hydrogens is 295 g/mol. The Morgan fingerprint density at radius 3 is 2.59 bits per heavy atom. The quantitative estimate of drug-likeness (QED) is 0.748. The number of fused-ring (bicyclic) bond motifs is 2. The van der Waals surface area contributed by atoms with Gasteiger partial charge >= 0.3 is 6.18 Å². The minimum atomic E-state index is -4.94. The number of anilines is 1. The van der Waals surface area contributed by atoms with Gasteiger partial charge in [0.05, 0.1) is 5.41 Å². The van der Waals surface area contributed by atoms with Crippen molar-refractivity contribution in [1.82, 2.24) is 0 Å². The second-order valence-corrected chi connectivity index (χ2v) is 5.65. The van der Waals surface area contributed by atoms with Crippen molar-refractivity contribution in [1.29, 1.82) is 0 Å². The molecule has 1 atom stereocenters. The molecule has 6 heteroatoms. The van der Waals surface area contributed by atoms with Gasteiger partial charge < -0.3 is 4.90 Å². The second-order valence-electron chi connectivity index (χ2n) is 5.65. The van der Waals surface area contributed by atoms with Gasteiger partial charge in [0.15, 0.2) is 0 Å². The molecule has 1 spiro atoms. The fraction of sp³-hybridized carbons (Fsp3) is 0.375. The Hall–Kier alpha value is -2.11. The van der Waals surface area contributed by atoms with Crippen LogP contribution in [-0.2, 0) is 15.0 Å². The molecule has 3 nitrogen and oxygen atoms in total. The summed E-state index contributed by atoms with van der Waals surface area (Å²) >= 11 is 0. The van der Waals surface area contributed by atoms with Crippen molar-refractivity contribution >= 4 is 17.3 Å². The number of hydrogen-bond donors (Lipinski definition) is 0. The number of para-hydroxylation sites is 1. The zero-order valence-corrected chi connectivity index (χ0v) is 11.9. The van der Waals surface area contributed by atoms with E-state index >= 15 is 0 Å². The van der Waals surface area contributed by atoms with Gasteiger partial charge in [-0.15, -0.1) is 0 Å². The molecule has 1 aromatic rings. The number of carbonyl (C=O) groups is 2. The van der Waals surface area contributed by atoms with E-state index < -0.39 is 17.4 Å². The van der Waals surface area contributed by atoms with Crippen LogP contribution in [-0.4, -0.2) is 24.8 Å². The smallest absolute Gasteiger partial charge is 0.346 e. The average molecular weight is 309 g/mol. The Morgan fingerprint density at radius 1 is 1.32 bits per heavy atom. The van der Waals surface area contributed by atoms with Crippen molar-refractivity contribution in [2.75, 3.05) is 11.9 Å². The van der Waals surface area contributed by atoms with Crippen LogP contribution in [0.5, 0.6) is 0 Å². The Morgan fingerprint density at radius 2 is 2.00 bits per heavy atom. The van der Waals surface area contributed by atoms with Gasteiger partial charge in [0.2, 0.25) is 0 Å². The SMILES string of the molecule is CN1C(=CC(=O)C(F)(F)F)C2(CCCC2=O)c2ccccc21. The zero-order valence-electron chi connectivity index (χ0n) is 11.9. The lowest BCUT2D eigenvalue weighted by Gasteiger charge is -2.26. The maximum absolute atomic E-state index is 12.6.